The minimum atomic E-state index is -4.33. The lowest BCUT2D eigenvalue weighted by Gasteiger charge is -2.21. The van der Waals surface area contributed by atoms with Gasteiger partial charge in [0.15, 0.2) is 0 Å². The molecule has 1 rings (SSSR count). The van der Waals surface area contributed by atoms with Crippen LogP contribution in [0.5, 0.6) is 0 Å². The van der Waals surface area contributed by atoms with E-state index >= 15 is 0 Å². The van der Waals surface area contributed by atoms with Gasteiger partial charge in [0.2, 0.25) is 5.91 Å². The highest BCUT2D eigenvalue weighted by Crippen LogP contribution is 2.39. The summed E-state index contributed by atoms with van der Waals surface area (Å²) in [4.78, 5) is 29.6. The molecule has 0 bridgehead atoms. The summed E-state index contributed by atoms with van der Waals surface area (Å²) in [5.41, 5.74) is 0. The van der Waals surface area contributed by atoms with Gasteiger partial charge in [0.1, 0.15) is 5.78 Å². The van der Waals surface area contributed by atoms with Crippen molar-refractivity contribution in [2.75, 3.05) is 39.3 Å². The maximum Gasteiger partial charge on any atom is 0.348 e. The molecule has 9 heteroatoms. The van der Waals surface area contributed by atoms with Crippen LogP contribution in [-0.2, 0) is 9.36 Å². The smallest absolute Gasteiger partial charge is 0.340 e. The molecule has 8 nitrogen and oxygen atoms in total. The summed E-state index contributed by atoms with van der Waals surface area (Å²) in [6.07, 6.45) is 0. The highest BCUT2D eigenvalue weighted by atomic mass is 31.2. The lowest BCUT2D eigenvalue weighted by Crippen LogP contribution is -2.47. The minimum Gasteiger partial charge on any atom is -0.340 e. The molecule has 0 aliphatic carbocycles. The second kappa shape index (κ2) is 7.05. The molecule has 1 aliphatic heterocycles. The van der Waals surface area contributed by atoms with Crippen molar-refractivity contribution in [2.45, 2.75) is 5.78 Å². The van der Waals surface area contributed by atoms with Crippen LogP contribution in [0, 0.1) is 0 Å². The maximum atomic E-state index is 11.4. The Kier molecular flexibility index (Phi) is 6.04. The zero-order valence-electron chi connectivity index (χ0n) is 9.48. The molecule has 1 fully saturated rings. The number of carbonyl (C=O) groups is 1. The van der Waals surface area contributed by atoms with E-state index in [1.165, 1.54) is 0 Å². The Morgan fingerprint density at radius 2 is 1.65 bits per heavy atom. The Labute approximate surface area is 99.7 Å². The van der Waals surface area contributed by atoms with Crippen LogP contribution < -0.4 is 21.3 Å². The number of carbonyl (C=O) groups excluding carboxylic acids is 1. The fraction of sp³-hybridized carbons (Fsp3) is 0.875. The van der Waals surface area contributed by atoms with Crippen molar-refractivity contribution < 1.29 is 19.1 Å². The summed E-state index contributed by atoms with van der Waals surface area (Å²) >= 11 is 0. The van der Waals surface area contributed by atoms with E-state index < -0.39 is 19.3 Å². The molecule has 6 N–H and O–H groups in total. The van der Waals surface area contributed by atoms with Crippen molar-refractivity contribution in [3.8, 4) is 0 Å². The van der Waals surface area contributed by atoms with Gasteiger partial charge in [0.25, 0.3) is 0 Å². The van der Waals surface area contributed by atoms with Gasteiger partial charge in [-0.05, 0) is 0 Å². The first-order valence-electron chi connectivity index (χ1n) is 5.47. The van der Waals surface area contributed by atoms with Gasteiger partial charge >= 0.3 is 7.60 Å². The van der Waals surface area contributed by atoms with Crippen LogP contribution in [0.15, 0.2) is 0 Å². The summed E-state index contributed by atoms with van der Waals surface area (Å²) < 4.78 is 11.2. The van der Waals surface area contributed by atoms with E-state index in [0.29, 0.717) is 19.6 Å². The van der Waals surface area contributed by atoms with Gasteiger partial charge < -0.3 is 31.1 Å². The number of rotatable bonds is 1. The van der Waals surface area contributed by atoms with E-state index in [-0.39, 0.29) is 13.1 Å². The quantitative estimate of drug-likeness (QED) is 0.287. The summed E-state index contributed by atoms with van der Waals surface area (Å²) in [5.74, 6) is -1.59. The van der Waals surface area contributed by atoms with Crippen LogP contribution in [0.25, 0.3) is 0 Å². The van der Waals surface area contributed by atoms with Gasteiger partial charge in [-0.3, -0.25) is 9.36 Å². The first-order chi connectivity index (χ1) is 8.00. The molecule has 1 unspecified atom stereocenters. The highest BCUT2D eigenvalue weighted by molar-refractivity contribution is 7.52. The Hall–Kier alpha value is -0.500. The molecule has 1 amide bonds. The van der Waals surface area contributed by atoms with Crippen molar-refractivity contribution >= 4 is 13.5 Å². The lowest BCUT2D eigenvalue weighted by molar-refractivity contribution is -0.120. The predicted octanol–water partition coefficient (Wildman–Crippen LogP) is -2.61. The third-order valence-electron chi connectivity index (χ3n) is 2.31. The Bertz CT molecular complexity index is 295. The zero-order chi connectivity index (χ0) is 12.7. The zero-order valence-corrected chi connectivity index (χ0v) is 10.4. The summed E-state index contributed by atoms with van der Waals surface area (Å²) in [6, 6.07) is 0. The second-order valence-corrected chi connectivity index (χ2v) is 5.60. The topological polar surface area (TPSA) is 123 Å². The molecule has 0 aromatic rings. The van der Waals surface area contributed by atoms with Gasteiger partial charge in [-0.1, -0.05) is 0 Å². The number of hydrogen-bond donors (Lipinski definition) is 6. The van der Waals surface area contributed by atoms with Crippen molar-refractivity contribution in [2.24, 2.45) is 0 Å². The van der Waals surface area contributed by atoms with Crippen LogP contribution in [0.3, 0.4) is 0 Å². The lowest BCUT2D eigenvalue weighted by atomic mass is 10.4. The maximum absolute atomic E-state index is 11.4. The minimum absolute atomic E-state index is 0.0533. The fourth-order valence-corrected chi connectivity index (χ4v) is 2.09. The van der Waals surface area contributed by atoms with E-state index in [9.17, 15) is 9.36 Å². The largest absolute Gasteiger partial charge is 0.348 e. The normalized spacial score (nSPS) is 25.5. The molecule has 100 valence electrons. The molecule has 1 atom stereocenters. The van der Waals surface area contributed by atoms with Crippen LogP contribution in [0.4, 0.5) is 0 Å². The highest BCUT2D eigenvalue weighted by Gasteiger charge is 2.29. The van der Waals surface area contributed by atoms with Gasteiger partial charge in [-0.15, -0.1) is 0 Å². The summed E-state index contributed by atoms with van der Waals surface area (Å²) in [5, 5.41) is 11.2. The van der Waals surface area contributed by atoms with E-state index in [4.69, 9.17) is 9.79 Å². The molecule has 0 spiro atoms. The summed E-state index contributed by atoms with van der Waals surface area (Å²) in [6.45, 7) is 2.79. The number of amides is 1. The van der Waals surface area contributed by atoms with Gasteiger partial charge in [-0.25, -0.2) is 0 Å². The van der Waals surface area contributed by atoms with Gasteiger partial charge in [-0.2, -0.15) is 0 Å². The van der Waals surface area contributed by atoms with Gasteiger partial charge in [0, 0.05) is 32.7 Å². The van der Waals surface area contributed by atoms with E-state index in [1.807, 2.05) is 0 Å². The Balaban J connectivity index is 2.55. The Morgan fingerprint density at radius 1 is 1.06 bits per heavy atom. The van der Waals surface area contributed by atoms with Crippen molar-refractivity contribution in [3.63, 3.8) is 0 Å². The second-order valence-electron chi connectivity index (χ2n) is 3.80. The standard InChI is InChI=1S/C8H19N4O4P/c13-7-5-10-3-1-9-2-4-11-6-8(12-7)17(14,15)16/h8-11H,1-6H2,(H,12,13)(H2,14,15,16). The average molecular weight is 266 g/mol. The first-order valence-corrected chi connectivity index (χ1v) is 7.15. The van der Waals surface area contributed by atoms with Crippen molar-refractivity contribution in [3.05, 3.63) is 0 Å². The van der Waals surface area contributed by atoms with E-state index in [1.54, 1.807) is 0 Å². The number of nitrogens with one attached hydrogen (secondary N) is 4. The molecule has 1 aliphatic rings. The fourth-order valence-electron chi connectivity index (χ4n) is 1.41. The SMILES string of the molecule is O=C1CNCCNCCNCC(P(=O)(O)O)N1. The molecule has 0 saturated carbocycles. The molecule has 17 heavy (non-hydrogen) atoms. The van der Waals surface area contributed by atoms with Crippen molar-refractivity contribution in [1.29, 1.82) is 0 Å². The predicted molar refractivity (Wildman–Crippen MR) is 62.6 cm³/mol. The first kappa shape index (κ1) is 14.6. The third kappa shape index (κ3) is 6.11. The van der Waals surface area contributed by atoms with Crippen LogP contribution in [-0.4, -0.2) is 60.7 Å². The third-order valence-corrected chi connectivity index (χ3v) is 3.44. The van der Waals surface area contributed by atoms with Crippen molar-refractivity contribution in [1.82, 2.24) is 21.3 Å². The number of hydrogen-bond acceptors (Lipinski definition) is 5. The van der Waals surface area contributed by atoms with Crippen LogP contribution in [0.2, 0.25) is 0 Å². The molecule has 1 saturated heterocycles. The molecule has 0 aromatic carbocycles. The summed E-state index contributed by atoms with van der Waals surface area (Å²) in [7, 11) is -4.33. The van der Waals surface area contributed by atoms with E-state index in [2.05, 4.69) is 21.3 Å². The van der Waals surface area contributed by atoms with E-state index in [0.717, 1.165) is 6.54 Å². The molecular weight excluding hydrogens is 247 g/mol. The van der Waals surface area contributed by atoms with Crippen LogP contribution >= 0.6 is 7.60 Å². The molecule has 0 aromatic heterocycles. The van der Waals surface area contributed by atoms with Crippen LogP contribution in [0.1, 0.15) is 0 Å². The Morgan fingerprint density at radius 3 is 2.29 bits per heavy atom. The average Bonchev–Trinajstić information content (AvgIpc) is 2.21. The molecule has 1 heterocycles. The molecular formula is C8H19N4O4P. The monoisotopic (exact) mass is 266 g/mol. The molecule has 0 radical (unpaired) electrons. The van der Waals surface area contributed by atoms with Gasteiger partial charge in [0.05, 0.1) is 6.54 Å².